The Kier molecular flexibility index (Phi) is 5.38. The number of H-pyrrole nitrogens is 1. The minimum Gasteiger partial charge on any atom is -0.354 e. The number of aromatic nitrogens is 1. The van der Waals surface area contributed by atoms with Crippen molar-refractivity contribution in [2.75, 3.05) is 5.32 Å². The monoisotopic (exact) mass is 471 g/mol. The molecule has 0 spiro atoms. The molecular formula is C31H25N3O2. The number of fused-ring (bicyclic) bond motifs is 2. The molecule has 0 bridgehead atoms. The number of hydrogen-bond donors (Lipinski definition) is 2. The van der Waals surface area contributed by atoms with E-state index in [9.17, 15) is 9.59 Å². The molecule has 0 saturated heterocycles. The van der Waals surface area contributed by atoms with E-state index in [0.29, 0.717) is 11.3 Å². The van der Waals surface area contributed by atoms with Gasteiger partial charge in [-0.3, -0.25) is 9.59 Å². The zero-order valence-corrected chi connectivity index (χ0v) is 19.8. The summed E-state index contributed by atoms with van der Waals surface area (Å²) in [5.41, 5.74) is 6.20. The minimum absolute atomic E-state index is 0.143. The number of amides is 2. The molecule has 4 aromatic carbocycles. The number of hydrogen-bond acceptors (Lipinski definition) is 2. The van der Waals surface area contributed by atoms with Crippen LogP contribution in [0.4, 0.5) is 5.69 Å². The van der Waals surface area contributed by atoms with Crippen LogP contribution in [0.3, 0.4) is 0 Å². The van der Waals surface area contributed by atoms with Crippen LogP contribution in [0.1, 0.15) is 34.5 Å². The van der Waals surface area contributed by atoms with E-state index in [-0.39, 0.29) is 11.8 Å². The van der Waals surface area contributed by atoms with Crippen molar-refractivity contribution in [1.82, 2.24) is 9.88 Å². The summed E-state index contributed by atoms with van der Waals surface area (Å²) in [4.78, 5) is 32.6. The van der Waals surface area contributed by atoms with E-state index in [1.54, 1.807) is 11.8 Å². The Morgan fingerprint density at radius 3 is 2.25 bits per heavy atom. The second-order valence-electron chi connectivity index (χ2n) is 9.06. The van der Waals surface area contributed by atoms with E-state index in [2.05, 4.69) is 28.5 Å². The average molecular weight is 472 g/mol. The Morgan fingerprint density at radius 2 is 1.47 bits per heavy atom. The lowest BCUT2D eigenvalue weighted by atomic mass is 9.92. The fraction of sp³-hybridized carbons (Fsp3) is 0.0968. The maximum atomic E-state index is 13.8. The number of carbonyl (C=O) groups is 2. The highest BCUT2D eigenvalue weighted by Gasteiger charge is 2.44. The highest BCUT2D eigenvalue weighted by Crippen LogP contribution is 2.46. The van der Waals surface area contributed by atoms with Crippen molar-refractivity contribution >= 4 is 28.4 Å². The first kappa shape index (κ1) is 21.9. The van der Waals surface area contributed by atoms with Gasteiger partial charge in [-0.15, -0.1) is 0 Å². The van der Waals surface area contributed by atoms with Crippen LogP contribution in [0.25, 0.3) is 22.2 Å². The first-order valence-corrected chi connectivity index (χ1v) is 12.1. The molecule has 1 aliphatic rings. The summed E-state index contributed by atoms with van der Waals surface area (Å²) in [6, 6.07) is 34.1. The largest absolute Gasteiger partial charge is 0.354 e. The van der Waals surface area contributed by atoms with E-state index in [0.717, 1.165) is 33.3 Å². The summed E-state index contributed by atoms with van der Waals surface area (Å²) in [5, 5.41) is 4.01. The Balaban J connectivity index is 1.52. The van der Waals surface area contributed by atoms with Crippen molar-refractivity contribution in [3.8, 4) is 11.3 Å². The van der Waals surface area contributed by atoms with Gasteiger partial charge >= 0.3 is 0 Å². The zero-order valence-electron chi connectivity index (χ0n) is 19.8. The van der Waals surface area contributed by atoms with Crippen LogP contribution in [0.15, 0.2) is 109 Å². The molecular weight excluding hydrogens is 446 g/mol. The topological polar surface area (TPSA) is 65.2 Å². The third kappa shape index (κ3) is 3.57. The maximum Gasteiger partial charge on any atom is 0.255 e. The number of nitrogens with one attached hydrogen (secondary N) is 2. The molecule has 2 amide bonds. The van der Waals surface area contributed by atoms with Crippen LogP contribution in [0.2, 0.25) is 0 Å². The standard InChI is InChI=1S/C31H25N3O2/c1-20(30(35)32-22-14-6-3-7-15-22)34-29(23-16-8-9-17-24(23)31(34)36)27-25-18-10-11-19-26(25)33-28(27)21-12-4-2-5-13-21/h2-20,29,33H,1H3,(H,32,35). The minimum atomic E-state index is -0.701. The van der Waals surface area contributed by atoms with Crippen LogP contribution in [0, 0.1) is 0 Å². The Morgan fingerprint density at radius 1 is 0.833 bits per heavy atom. The zero-order chi connectivity index (χ0) is 24.6. The second-order valence-corrected chi connectivity index (χ2v) is 9.06. The van der Waals surface area contributed by atoms with E-state index in [1.807, 2.05) is 91.0 Å². The molecule has 0 fully saturated rings. The lowest BCUT2D eigenvalue weighted by molar-refractivity contribution is -0.120. The predicted molar refractivity (Wildman–Crippen MR) is 143 cm³/mol. The Hall–Kier alpha value is -4.64. The van der Waals surface area contributed by atoms with E-state index in [4.69, 9.17) is 0 Å². The summed E-state index contributed by atoms with van der Waals surface area (Å²) >= 11 is 0. The number of nitrogens with zero attached hydrogens (tertiary/aromatic N) is 1. The van der Waals surface area contributed by atoms with Gasteiger partial charge in [-0.2, -0.15) is 0 Å². The molecule has 2 unspecified atom stereocenters. The van der Waals surface area contributed by atoms with Gasteiger partial charge in [0.2, 0.25) is 5.91 Å². The molecule has 2 heterocycles. The first-order valence-electron chi connectivity index (χ1n) is 12.1. The molecule has 1 aliphatic heterocycles. The van der Waals surface area contributed by atoms with Crippen LogP contribution in [-0.4, -0.2) is 27.7 Å². The smallest absolute Gasteiger partial charge is 0.255 e. The maximum absolute atomic E-state index is 13.8. The predicted octanol–water partition coefficient (Wildman–Crippen LogP) is 6.41. The summed E-state index contributed by atoms with van der Waals surface area (Å²) in [7, 11) is 0. The van der Waals surface area contributed by atoms with Gasteiger partial charge in [-0.1, -0.05) is 84.9 Å². The third-order valence-corrected chi connectivity index (χ3v) is 6.92. The van der Waals surface area contributed by atoms with Crippen LogP contribution in [0.5, 0.6) is 0 Å². The molecule has 5 nitrogen and oxygen atoms in total. The number of rotatable bonds is 5. The molecule has 6 rings (SSSR count). The fourth-order valence-electron chi connectivity index (χ4n) is 5.21. The second kappa shape index (κ2) is 8.86. The van der Waals surface area contributed by atoms with Gasteiger partial charge in [0.05, 0.1) is 11.7 Å². The van der Waals surface area contributed by atoms with Gasteiger partial charge in [-0.25, -0.2) is 0 Å². The number of carbonyl (C=O) groups excluding carboxylic acids is 2. The molecule has 176 valence electrons. The normalized spacial score (nSPS) is 15.6. The van der Waals surface area contributed by atoms with Crippen LogP contribution in [-0.2, 0) is 4.79 Å². The molecule has 0 aliphatic carbocycles. The van der Waals surface area contributed by atoms with Crippen LogP contribution >= 0.6 is 0 Å². The van der Waals surface area contributed by atoms with Crippen molar-refractivity contribution in [3.05, 3.63) is 126 Å². The van der Waals surface area contributed by atoms with Crippen molar-refractivity contribution in [2.24, 2.45) is 0 Å². The summed E-state index contributed by atoms with van der Waals surface area (Å²) in [6.45, 7) is 1.80. The number of anilines is 1. The molecule has 36 heavy (non-hydrogen) atoms. The van der Waals surface area contributed by atoms with Crippen molar-refractivity contribution in [3.63, 3.8) is 0 Å². The molecule has 5 aromatic rings. The quantitative estimate of drug-likeness (QED) is 0.311. The Bertz CT molecular complexity index is 1570. The van der Waals surface area contributed by atoms with Crippen molar-refractivity contribution < 1.29 is 9.59 Å². The SMILES string of the molecule is CC(C(=O)Nc1ccccc1)N1C(=O)c2ccccc2C1c1c(-c2ccccc2)[nH]c2ccccc12. The van der Waals surface area contributed by atoms with E-state index < -0.39 is 12.1 Å². The molecule has 5 heteroatoms. The Labute approximate surface area is 209 Å². The average Bonchev–Trinajstić information content (AvgIpc) is 3.44. The molecule has 2 N–H and O–H groups in total. The fourth-order valence-corrected chi connectivity index (χ4v) is 5.21. The van der Waals surface area contributed by atoms with Crippen molar-refractivity contribution in [1.29, 1.82) is 0 Å². The van der Waals surface area contributed by atoms with E-state index >= 15 is 0 Å². The van der Waals surface area contributed by atoms with E-state index in [1.165, 1.54) is 0 Å². The number of para-hydroxylation sites is 2. The highest BCUT2D eigenvalue weighted by atomic mass is 16.2. The van der Waals surface area contributed by atoms with Gasteiger partial charge in [0, 0.05) is 27.7 Å². The number of aromatic amines is 1. The molecule has 2 atom stereocenters. The molecule has 1 aromatic heterocycles. The summed E-state index contributed by atoms with van der Waals surface area (Å²) < 4.78 is 0. The lowest BCUT2D eigenvalue weighted by Gasteiger charge is -2.31. The van der Waals surface area contributed by atoms with Gasteiger partial charge in [0.25, 0.3) is 5.91 Å². The third-order valence-electron chi connectivity index (χ3n) is 6.92. The summed E-state index contributed by atoms with van der Waals surface area (Å²) in [5.74, 6) is -0.371. The van der Waals surface area contributed by atoms with Gasteiger partial charge in [-0.05, 0) is 42.3 Å². The summed E-state index contributed by atoms with van der Waals surface area (Å²) in [6.07, 6.45) is 0. The van der Waals surface area contributed by atoms with Gasteiger partial charge < -0.3 is 15.2 Å². The lowest BCUT2D eigenvalue weighted by Crippen LogP contribution is -2.44. The highest BCUT2D eigenvalue weighted by molar-refractivity contribution is 6.06. The molecule has 0 radical (unpaired) electrons. The van der Waals surface area contributed by atoms with Gasteiger partial charge in [0.15, 0.2) is 0 Å². The first-order chi connectivity index (χ1) is 17.6. The van der Waals surface area contributed by atoms with Gasteiger partial charge in [0.1, 0.15) is 6.04 Å². The number of benzene rings is 4. The molecule has 0 saturated carbocycles. The van der Waals surface area contributed by atoms with Crippen molar-refractivity contribution in [2.45, 2.75) is 19.0 Å². The van der Waals surface area contributed by atoms with Crippen LogP contribution < -0.4 is 5.32 Å².